The third kappa shape index (κ3) is 2.86. The highest BCUT2D eigenvalue weighted by Crippen LogP contribution is 2.25. The second-order valence-electron chi connectivity index (χ2n) is 2.97. The van der Waals surface area contributed by atoms with Crippen LogP contribution >= 0.6 is 0 Å². The van der Waals surface area contributed by atoms with Crippen LogP contribution in [-0.2, 0) is 10.0 Å². The predicted octanol–water partition coefficient (Wildman–Crippen LogP) is 1.38. The zero-order valence-corrected chi connectivity index (χ0v) is 8.89. The summed E-state index contributed by atoms with van der Waals surface area (Å²) in [5, 5.41) is 4.79. The lowest BCUT2D eigenvalue weighted by atomic mass is 10.2. The molecule has 0 aliphatic heterocycles. The molecular weight excluding hydrogens is 247 g/mol. The molecule has 4 nitrogen and oxygen atoms in total. The van der Waals surface area contributed by atoms with E-state index in [9.17, 15) is 21.6 Å². The minimum Gasteiger partial charge on any atom is -0.432 e. The molecule has 8 heteroatoms. The number of sulfonamides is 1. The number of aryl methyl sites for hydroxylation is 1. The molecule has 0 spiro atoms. The Kier molecular flexibility index (Phi) is 3.44. The molecule has 16 heavy (non-hydrogen) atoms. The fraction of sp³-hybridized carbons (Fsp3) is 0.250. The molecule has 0 aromatic heterocycles. The summed E-state index contributed by atoms with van der Waals surface area (Å²) in [6.45, 7) is -1.90. The predicted molar refractivity (Wildman–Crippen MR) is 49.1 cm³/mol. The van der Waals surface area contributed by atoms with Gasteiger partial charge < -0.3 is 4.74 Å². The highest BCUT2D eigenvalue weighted by Gasteiger charge is 2.18. The van der Waals surface area contributed by atoms with E-state index in [2.05, 4.69) is 4.74 Å². The Labute approximate surface area is 89.9 Å². The Morgan fingerprint density at radius 1 is 1.38 bits per heavy atom. The van der Waals surface area contributed by atoms with Gasteiger partial charge in [-0.05, 0) is 24.6 Å². The van der Waals surface area contributed by atoms with Crippen molar-refractivity contribution >= 4 is 10.0 Å². The van der Waals surface area contributed by atoms with Crippen LogP contribution in [0.4, 0.5) is 13.2 Å². The van der Waals surface area contributed by atoms with Crippen molar-refractivity contribution in [2.24, 2.45) is 5.14 Å². The molecule has 0 aliphatic rings. The number of halogens is 3. The number of primary sulfonamides is 1. The molecule has 2 N–H and O–H groups in total. The molecule has 0 bridgehead atoms. The van der Waals surface area contributed by atoms with E-state index in [4.69, 9.17) is 5.14 Å². The fourth-order valence-corrected chi connectivity index (χ4v) is 1.91. The number of rotatable bonds is 3. The molecule has 90 valence electrons. The van der Waals surface area contributed by atoms with E-state index >= 15 is 0 Å². The topological polar surface area (TPSA) is 69.4 Å². The molecule has 0 saturated heterocycles. The number of ether oxygens (including phenoxy) is 1. The second kappa shape index (κ2) is 4.30. The zero-order valence-electron chi connectivity index (χ0n) is 8.08. The SMILES string of the molecule is Cc1cc(OC(F)F)c(F)cc1S(N)(=O)=O. The Balaban J connectivity index is 3.28. The number of alkyl halides is 2. The second-order valence-corrected chi connectivity index (χ2v) is 4.50. The van der Waals surface area contributed by atoms with Crippen molar-refractivity contribution in [1.29, 1.82) is 0 Å². The van der Waals surface area contributed by atoms with E-state index in [-0.39, 0.29) is 5.56 Å². The smallest absolute Gasteiger partial charge is 0.387 e. The van der Waals surface area contributed by atoms with Crippen molar-refractivity contribution < 1.29 is 26.3 Å². The third-order valence-corrected chi connectivity index (χ3v) is 2.80. The lowest BCUT2D eigenvalue weighted by Crippen LogP contribution is -2.14. The van der Waals surface area contributed by atoms with E-state index in [0.717, 1.165) is 6.07 Å². The molecule has 0 amide bonds. The number of hydrogen-bond donors (Lipinski definition) is 1. The minimum atomic E-state index is -4.08. The van der Waals surface area contributed by atoms with Gasteiger partial charge in [0.15, 0.2) is 11.6 Å². The first-order valence-corrected chi connectivity index (χ1v) is 5.54. The molecule has 0 atom stereocenters. The highest BCUT2D eigenvalue weighted by atomic mass is 32.2. The summed E-state index contributed by atoms with van der Waals surface area (Å²) in [5.74, 6) is -1.94. The average Bonchev–Trinajstić information content (AvgIpc) is 2.07. The van der Waals surface area contributed by atoms with E-state index in [1.807, 2.05) is 0 Å². The molecule has 0 heterocycles. The first-order chi connectivity index (χ1) is 7.21. The van der Waals surface area contributed by atoms with Gasteiger partial charge in [0.25, 0.3) is 0 Å². The van der Waals surface area contributed by atoms with Crippen LogP contribution < -0.4 is 9.88 Å². The maximum absolute atomic E-state index is 13.1. The standard InChI is InChI=1S/C8H8F3NO3S/c1-4-2-6(15-8(10)11)5(9)3-7(4)16(12,13)14/h2-3,8H,1H3,(H2,12,13,14). The quantitative estimate of drug-likeness (QED) is 0.887. The number of benzene rings is 1. The van der Waals surface area contributed by atoms with Crippen LogP contribution in [0, 0.1) is 12.7 Å². The van der Waals surface area contributed by atoms with Gasteiger partial charge >= 0.3 is 6.61 Å². The van der Waals surface area contributed by atoms with Gasteiger partial charge in [0, 0.05) is 0 Å². The monoisotopic (exact) mass is 255 g/mol. The largest absolute Gasteiger partial charge is 0.432 e. The van der Waals surface area contributed by atoms with Crippen LogP contribution in [-0.4, -0.2) is 15.0 Å². The van der Waals surface area contributed by atoms with Gasteiger partial charge in [0.05, 0.1) is 4.90 Å². The van der Waals surface area contributed by atoms with Crippen molar-refractivity contribution in [1.82, 2.24) is 0 Å². The van der Waals surface area contributed by atoms with Crippen LogP contribution in [0.5, 0.6) is 5.75 Å². The summed E-state index contributed by atoms with van der Waals surface area (Å²) in [4.78, 5) is -0.466. The summed E-state index contributed by atoms with van der Waals surface area (Å²) < 4.78 is 62.6. The van der Waals surface area contributed by atoms with Crippen LogP contribution in [0.15, 0.2) is 17.0 Å². The Bertz CT molecular complexity index is 501. The molecule has 0 fully saturated rings. The summed E-state index contributed by atoms with van der Waals surface area (Å²) in [6.07, 6.45) is 0. The van der Waals surface area contributed by atoms with Crippen LogP contribution in [0.1, 0.15) is 5.56 Å². The third-order valence-electron chi connectivity index (χ3n) is 1.75. The van der Waals surface area contributed by atoms with Gasteiger partial charge in [-0.2, -0.15) is 8.78 Å². The maximum atomic E-state index is 13.1. The van der Waals surface area contributed by atoms with E-state index in [1.54, 1.807) is 0 Å². The molecule has 1 aromatic rings. The van der Waals surface area contributed by atoms with Crippen molar-refractivity contribution in [2.45, 2.75) is 18.4 Å². The van der Waals surface area contributed by atoms with Gasteiger partial charge in [-0.1, -0.05) is 0 Å². The van der Waals surface area contributed by atoms with Gasteiger partial charge in [0.2, 0.25) is 10.0 Å². The van der Waals surface area contributed by atoms with Crippen molar-refractivity contribution in [3.63, 3.8) is 0 Å². The van der Waals surface area contributed by atoms with Crippen molar-refractivity contribution in [3.05, 3.63) is 23.5 Å². The van der Waals surface area contributed by atoms with E-state index in [0.29, 0.717) is 6.07 Å². The highest BCUT2D eigenvalue weighted by molar-refractivity contribution is 7.89. The molecule has 0 unspecified atom stereocenters. The first kappa shape index (κ1) is 12.8. The van der Waals surface area contributed by atoms with Crippen LogP contribution in [0.3, 0.4) is 0 Å². The fourth-order valence-electron chi connectivity index (χ4n) is 1.13. The van der Waals surface area contributed by atoms with E-state index < -0.39 is 33.1 Å². The molecule has 1 rings (SSSR count). The van der Waals surface area contributed by atoms with Gasteiger partial charge in [-0.3, -0.25) is 0 Å². The molecular formula is C8H8F3NO3S. The molecule has 0 aliphatic carbocycles. The zero-order chi connectivity index (χ0) is 12.5. The van der Waals surface area contributed by atoms with Crippen LogP contribution in [0.25, 0.3) is 0 Å². The van der Waals surface area contributed by atoms with Gasteiger partial charge in [-0.25, -0.2) is 17.9 Å². The lowest BCUT2D eigenvalue weighted by molar-refractivity contribution is -0.0522. The number of nitrogens with two attached hydrogens (primary N) is 1. The van der Waals surface area contributed by atoms with Crippen molar-refractivity contribution in [2.75, 3.05) is 0 Å². The summed E-state index contributed by atoms with van der Waals surface area (Å²) in [7, 11) is -4.08. The van der Waals surface area contributed by atoms with Crippen LogP contribution in [0.2, 0.25) is 0 Å². The first-order valence-electron chi connectivity index (χ1n) is 3.99. The molecule has 1 aromatic carbocycles. The Morgan fingerprint density at radius 2 is 1.94 bits per heavy atom. The minimum absolute atomic E-state index is 0.0274. The van der Waals surface area contributed by atoms with Crippen molar-refractivity contribution in [3.8, 4) is 5.75 Å². The van der Waals surface area contributed by atoms with Gasteiger partial charge in [0.1, 0.15) is 0 Å². The normalized spacial score (nSPS) is 11.9. The summed E-state index contributed by atoms with van der Waals surface area (Å²) in [5.41, 5.74) is 0.0274. The van der Waals surface area contributed by atoms with E-state index in [1.165, 1.54) is 6.92 Å². The Hall–Kier alpha value is -1.28. The molecule has 0 radical (unpaired) electrons. The maximum Gasteiger partial charge on any atom is 0.387 e. The summed E-state index contributed by atoms with van der Waals surface area (Å²) in [6, 6.07) is 1.39. The average molecular weight is 255 g/mol. The lowest BCUT2D eigenvalue weighted by Gasteiger charge is -2.09. The van der Waals surface area contributed by atoms with Gasteiger partial charge in [-0.15, -0.1) is 0 Å². The molecule has 0 saturated carbocycles. The number of hydrogen-bond acceptors (Lipinski definition) is 3. The summed E-state index contributed by atoms with van der Waals surface area (Å²) >= 11 is 0. The Morgan fingerprint density at radius 3 is 2.38 bits per heavy atom.